The maximum atomic E-state index is 12.2. The molecular formula is C15H14Cl2N2O. The summed E-state index contributed by atoms with van der Waals surface area (Å²) >= 11 is 12.0. The monoisotopic (exact) mass is 308 g/mol. The van der Waals surface area contributed by atoms with E-state index in [-0.39, 0.29) is 21.5 Å². The van der Waals surface area contributed by atoms with Gasteiger partial charge in [-0.2, -0.15) is 0 Å². The summed E-state index contributed by atoms with van der Waals surface area (Å²) in [5.41, 5.74) is 9.29. The minimum Gasteiger partial charge on any atom is -0.399 e. The zero-order valence-corrected chi connectivity index (χ0v) is 12.6. The average molecular weight is 309 g/mol. The van der Waals surface area contributed by atoms with Crippen LogP contribution in [0.1, 0.15) is 21.5 Å². The molecule has 0 atom stereocenters. The minimum atomic E-state index is -0.340. The summed E-state index contributed by atoms with van der Waals surface area (Å²) in [7, 11) is 0. The molecule has 2 aromatic rings. The van der Waals surface area contributed by atoms with Gasteiger partial charge in [-0.1, -0.05) is 29.3 Å². The van der Waals surface area contributed by atoms with Crippen LogP contribution in [-0.4, -0.2) is 5.91 Å². The first-order valence-corrected chi connectivity index (χ1v) is 6.77. The molecule has 3 N–H and O–H groups in total. The van der Waals surface area contributed by atoms with Crippen molar-refractivity contribution in [1.82, 2.24) is 0 Å². The first-order valence-electron chi connectivity index (χ1n) is 6.01. The molecule has 0 spiro atoms. The largest absolute Gasteiger partial charge is 0.399 e. The van der Waals surface area contributed by atoms with E-state index in [1.165, 1.54) is 12.1 Å². The molecule has 104 valence electrons. The van der Waals surface area contributed by atoms with E-state index in [4.69, 9.17) is 28.9 Å². The number of hydrogen-bond acceptors (Lipinski definition) is 2. The summed E-state index contributed by atoms with van der Waals surface area (Å²) in [6.45, 7) is 3.99. The third kappa shape index (κ3) is 3.06. The summed E-state index contributed by atoms with van der Waals surface area (Å²) in [5.74, 6) is -0.340. The molecule has 2 rings (SSSR count). The van der Waals surface area contributed by atoms with Crippen molar-refractivity contribution in [3.63, 3.8) is 0 Å². The Morgan fingerprint density at radius 2 is 1.80 bits per heavy atom. The summed E-state index contributed by atoms with van der Waals surface area (Å²) in [6, 6.07) is 8.69. The fourth-order valence-corrected chi connectivity index (χ4v) is 2.22. The van der Waals surface area contributed by atoms with Gasteiger partial charge in [-0.05, 0) is 49.2 Å². The standard InChI is InChI=1S/C15H14Cl2N2O/c1-8-3-4-11(5-9(8)2)19-15(20)12-6-10(18)7-13(16)14(12)17/h3-7H,18H2,1-2H3,(H,19,20). The molecule has 0 aliphatic carbocycles. The molecule has 20 heavy (non-hydrogen) atoms. The van der Waals surface area contributed by atoms with Gasteiger partial charge in [-0.3, -0.25) is 4.79 Å². The van der Waals surface area contributed by atoms with E-state index in [9.17, 15) is 4.79 Å². The number of carbonyl (C=O) groups is 1. The first kappa shape index (κ1) is 14.7. The van der Waals surface area contributed by atoms with Crippen LogP contribution in [0.2, 0.25) is 10.0 Å². The molecule has 0 fully saturated rings. The van der Waals surface area contributed by atoms with Gasteiger partial charge >= 0.3 is 0 Å². The highest BCUT2D eigenvalue weighted by atomic mass is 35.5. The van der Waals surface area contributed by atoms with Crippen LogP contribution in [0.4, 0.5) is 11.4 Å². The molecule has 5 heteroatoms. The predicted molar refractivity (Wildman–Crippen MR) is 84.7 cm³/mol. The topological polar surface area (TPSA) is 55.1 Å². The van der Waals surface area contributed by atoms with Crippen LogP contribution in [0.25, 0.3) is 0 Å². The van der Waals surface area contributed by atoms with Crippen molar-refractivity contribution in [3.8, 4) is 0 Å². The van der Waals surface area contributed by atoms with Gasteiger partial charge in [-0.25, -0.2) is 0 Å². The van der Waals surface area contributed by atoms with Gasteiger partial charge in [0.1, 0.15) is 0 Å². The molecule has 0 aliphatic heterocycles. The lowest BCUT2D eigenvalue weighted by molar-refractivity contribution is 0.102. The van der Waals surface area contributed by atoms with Crippen LogP contribution in [0.5, 0.6) is 0 Å². The number of nitrogen functional groups attached to an aromatic ring is 1. The minimum absolute atomic E-state index is 0.196. The molecule has 1 amide bonds. The molecular weight excluding hydrogens is 295 g/mol. The van der Waals surface area contributed by atoms with Gasteiger partial charge in [-0.15, -0.1) is 0 Å². The zero-order chi connectivity index (χ0) is 14.9. The third-order valence-corrected chi connectivity index (χ3v) is 3.86. The Morgan fingerprint density at radius 3 is 2.45 bits per heavy atom. The van der Waals surface area contributed by atoms with E-state index in [1.807, 2.05) is 32.0 Å². The molecule has 0 radical (unpaired) electrons. The number of nitrogens with two attached hydrogens (primary N) is 1. The van der Waals surface area contributed by atoms with Gasteiger partial charge in [0.05, 0.1) is 15.6 Å². The third-order valence-electron chi connectivity index (χ3n) is 3.06. The van der Waals surface area contributed by atoms with Gasteiger partial charge in [0.2, 0.25) is 0 Å². The van der Waals surface area contributed by atoms with Crippen molar-refractivity contribution in [2.75, 3.05) is 11.1 Å². The molecule has 3 nitrogen and oxygen atoms in total. The quantitative estimate of drug-likeness (QED) is 0.806. The Kier molecular flexibility index (Phi) is 4.21. The van der Waals surface area contributed by atoms with Crippen LogP contribution >= 0.6 is 23.2 Å². The molecule has 0 unspecified atom stereocenters. The molecule has 0 saturated carbocycles. The molecule has 0 aliphatic rings. The zero-order valence-electron chi connectivity index (χ0n) is 11.1. The first-order chi connectivity index (χ1) is 9.38. The maximum Gasteiger partial charge on any atom is 0.257 e. The highest BCUT2D eigenvalue weighted by molar-refractivity contribution is 6.44. The smallest absolute Gasteiger partial charge is 0.257 e. The van der Waals surface area contributed by atoms with Crippen LogP contribution in [0.3, 0.4) is 0 Å². The SMILES string of the molecule is Cc1ccc(NC(=O)c2cc(N)cc(Cl)c2Cl)cc1C. The van der Waals surface area contributed by atoms with Crippen LogP contribution in [0.15, 0.2) is 30.3 Å². The average Bonchev–Trinajstić information content (AvgIpc) is 2.38. The van der Waals surface area contributed by atoms with Crippen molar-refractivity contribution >= 4 is 40.5 Å². The van der Waals surface area contributed by atoms with Crippen molar-refractivity contribution < 1.29 is 4.79 Å². The van der Waals surface area contributed by atoms with Crippen molar-refractivity contribution in [2.24, 2.45) is 0 Å². The van der Waals surface area contributed by atoms with E-state index >= 15 is 0 Å². The van der Waals surface area contributed by atoms with E-state index < -0.39 is 0 Å². The van der Waals surface area contributed by atoms with Gasteiger partial charge in [0.15, 0.2) is 0 Å². The van der Waals surface area contributed by atoms with E-state index in [0.717, 1.165) is 11.1 Å². The summed E-state index contributed by atoms with van der Waals surface area (Å²) in [5, 5.41) is 3.24. The summed E-state index contributed by atoms with van der Waals surface area (Å²) in [4.78, 5) is 12.2. The molecule has 2 aromatic carbocycles. The number of nitrogens with one attached hydrogen (secondary N) is 1. The number of aryl methyl sites for hydroxylation is 2. The van der Waals surface area contributed by atoms with Gasteiger partial charge in [0, 0.05) is 11.4 Å². The Labute approximate surface area is 127 Å². The Bertz CT molecular complexity index is 684. The Hall–Kier alpha value is -1.71. The van der Waals surface area contributed by atoms with Crippen molar-refractivity contribution in [1.29, 1.82) is 0 Å². The van der Waals surface area contributed by atoms with Gasteiger partial charge in [0.25, 0.3) is 5.91 Å². The second kappa shape index (κ2) is 5.73. The number of benzene rings is 2. The highest BCUT2D eigenvalue weighted by Crippen LogP contribution is 2.29. The van der Waals surface area contributed by atoms with Crippen LogP contribution in [-0.2, 0) is 0 Å². The molecule has 0 aromatic heterocycles. The second-order valence-corrected chi connectivity index (χ2v) is 5.40. The van der Waals surface area contributed by atoms with Crippen LogP contribution in [0, 0.1) is 13.8 Å². The van der Waals surface area contributed by atoms with Gasteiger partial charge < -0.3 is 11.1 Å². The summed E-state index contributed by atoms with van der Waals surface area (Å²) < 4.78 is 0. The number of amides is 1. The Balaban J connectivity index is 2.30. The van der Waals surface area contributed by atoms with E-state index in [1.54, 1.807) is 0 Å². The number of halogens is 2. The molecule has 0 heterocycles. The number of anilines is 2. The van der Waals surface area contributed by atoms with Crippen molar-refractivity contribution in [2.45, 2.75) is 13.8 Å². The number of carbonyl (C=O) groups excluding carboxylic acids is 1. The van der Waals surface area contributed by atoms with Crippen LogP contribution < -0.4 is 11.1 Å². The maximum absolute atomic E-state index is 12.2. The summed E-state index contributed by atoms with van der Waals surface area (Å²) in [6.07, 6.45) is 0. The fourth-order valence-electron chi connectivity index (χ4n) is 1.79. The number of hydrogen-bond donors (Lipinski definition) is 2. The molecule has 0 bridgehead atoms. The van der Waals surface area contributed by atoms with E-state index in [2.05, 4.69) is 5.32 Å². The van der Waals surface area contributed by atoms with Crippen molar-refractivity contribution in [3.05, 3.63) is 57.1 Å². The lowest BCUT2D eigenvalue weighted by Gasteiger charge is -2.10. The number of rotatable bonds is 2. The lowest BCUT2D eigenvalue weighted by atomic mass is 10.1. The molecule has 0 saturated heterocycles. The fraction of sp³-hybridized carbons (Fsp3) is 0.133. The predicted octanol–water partition coefficient (Wildman–Crippen LogP) is 4.44. The van der Waals surface area contributed by atoms with E-state index in [0.29, 0.717) is 11.4 Å². The second-order valence-electron chi connectivity index (χ2n) is 4.62. The normalized spacial score (nSPS) is 10.4. The lowest BCUT2D eigenvalue weighted by Crippen LogP contribution is -2.13. The Morgan fingerprint density at radius 1 is 1.10 bits per heavy atom. The highest BCUT2D eigenvalue weighted by Gasteiger charge is 2.14.